The molecule has 0 saturated heterocycles. The number of aliphatic hydroxyl groups excluding tert-OH is 1. The number of nitrogens with one attached hydrogen (secondary N) is 2. The van der Waals surface area contributed by atoms with E-state index in [1.54, 1.807) is 0 Å². The van der Waals surface area contributed by atoms with Crippen LogP contribution in [0.3, 0.4) is 0 Å². The van der Waals surface area contributed by atoms with Crippen molar-refractivity contribution in [2.45, 2.75) is 46.3 Å². The van der Waals surface area contributed by atoms with Gasteiger partial charge in [0, 0.05) is 30.5 Å². The summed E-state index contributed by atoms with van der Waals surface area (Å²) in [6, 6.07) is 0.360. The summed E-state index contributed by atoms with van der Waals surface area (Å²) in [5.74, 6) is 0.136. The van der Waals surface area contributed by atoms with Crippen molar-refractivity contribution >= 4 is 5.91 Å². The molecule has 0 spiro atoms. The van der Waals surface area contributed by atoms with Gasteiger partial charge < -0.3 is 15.7 Å². The molecule has 0 aliphatic heterocycles. The highest BCUT2D eigenvalue weighted by molar-refractivity contribution is 5.77. The van der Waals surface area contributed by atoms with Gasteiger partial charge in [0.25, 0.3) is 0 Å². The number of hydrogen-bond acceptors (Lipinski definition) is 3. The van der Waals surface area contributed by atoms with Gasteiger partial charge in [0.2, 0.25) is 5.91 Å². The summed E-state index contributed by atoms with van der Waals surface area (Å²) in [5, 5.41) is 15.8. The van der Waals surface area contributed by atoms with Crippen LogP contribution >= 0.6 is 0 Å². The first kappa shape index (κ1) is 13.5. The van der Waals surface area contributed by atoms with Crippen LogP contribution in [0.1, 0.15) is 34.1 Å². The molecule has 0 aromatic heterocycles. The van der Waals surface area contributed by atoms with Crippen LogP contribution < -0.4 is 10.6 Å². The largest absolute Gasteiger partial charge is 0.392 e. The Labute approximate surface area is 97.8 Å². The van der Waals surface area contributed by atoms with Gasteiger partial charge in [-0.2, -0.15) is 0 Å². The maximum Gasteiger partial charge on any atom is 0.222 e. The molecule has 94 valence electrons. The van der Waals surface area contributed by atoms with Gasteiger partial charge in [-0.25, -0.2) is 0 Å². The van der Waals surface area contributed by atoms with Crippen molar-refractivity contribution in [1.82, 2.24) is 10.6 Å². The molecular formula is C12H24N2O2. The minimum Gasteiger partial charge on any atom is -0.392 e. The van der Waals surface area contributed by atoms with E-state index >= 15 is 0 Å². The molecule has 4 nitrogen and oxygen atoms in total. The fraction of sp³-hybridized carbons (Fsp3) is 0.917. The van der Waals surface area contributed by atoms with Crippen LogP contribution in [0.5, 0.6) is 0 Å². The Morgan fingerprint density at radius 1 is 1.44 bits per heavy atom. The summed E-state index contributed by atoms with van der Waals surface area (Å²) in [6.07, 6.45) is 0.612. The first-order valence-electron chi connectivity index (χ1n) is 6.05. The first-order chi connectivity index (χ1) is 7.35. The summed E-state index contributed by atoms with van der Waals surface area (Å²) in [5.41, 5.74) is -0.0396. The smallest absolute Gasteiger partial charge is 0.222 e. The third kappa shape index (κ3) is 2.95. The lowest BCUT2D eigenvalue weighted by atomic mass is 9.64. The third-order valence-corrected chi connectivity index (χ3v) is 3.56. The van der Waals surface area contributed by atoms with E-state index in [1.807, 2.05) is 13.8 Å². The molecule has 1 saturated carbocycles. The van der Waals surface area contributed by atoms with E-state index in [0.29, 0.717) is 12.6 Å². The van der Waals surface area contributed by atoms with Crippen LogP contribution in [0, 0.1) is 11.3 Å². The molecule has 0 heterocycles. The number of carbonyl (C=O) groups is 1. The van der Waals surface area contributed by atoms with Crippen molar-refractivity contribution in [3.8, 4) is 0 Å². The topological polar surface area (TPSA) is 61.4 Å². The van der Waals surface area contributed by atoms with Crippen molar-refractivity contribution in [3.63, 3.8) is 0 Å². The highest BCUT2D eigenvalue weighted by atomic mass is 16.3. The molecule has 1 aliphatic carbocycles. The molecule has 2 unspecified atom stereocenters. The van der Waals surface area contributed by atoms with Crippen LogP contribution in [-0.4, -0.2) is 36.2 Å². The van der Waals surface area contributed by atoms with Crippen LogP contribution in [-0.2, 0) is 4.79 Å². The molecule has 0 bridgehead atoms. The predicted molar refractivity (Wildman–Crippen MR) is 64.0 cm³/mol. The van der Waals surface area contributed by atoms with Crippen LogP contribution in [0.4, 0.5) is 0 Å². The lowest BCUT2D eigenvalue weighted by Gasteiger charge is -2.49. The Morgan fingerprint density at radius 3 is 2.50 bits per heavy atom. The minimum atomic E-state index is -0.199. The second-order valence-corrected chi connectivity index (χ2v) is 5.53. The molecule has 1 rings (SSSR count). The Bertz CT molecular complexity index is 251. The third-order valence-electron chi connectivity index (χ3n) is 3.56. The van der Waals surface area contributed by atoms with E-state index in [-0.39, 0.29) is 23.3 Å². The molecular weight excluding hydrogens is 204 g/mol. The summed E-state index contributed by atoms with van der Waals surface area (Å²) in [6.45, 7) is 9.30. The van der Waals surface area contributed by atoms with Gasteiger partial charge in [-0.3, -0.25) is 4.79 Å². The lowest BCUT2D eigenvalue weighted by molar-refractivity contribution is -0.124. The zero-order valence-electron chi connectivity index (χ0n) is 10.7. The fourth-order valence-electron chi connectivity index (χ4n) is 1.89. The van der Waals surface area contributed by atoms with E-state index in [1.165, 1.54) is 0 Å². The van der Waals surface area contributed by atoms with E-state index in [0.717, 1.165) is 13.0 Å². The predicted octanol–water partition coefficient (Wildman–Crippen LogP) is 0.508. The second-order valence-electron chi connectivity index (χ2n) is 5.53. The zero-order chi connectivity index (χ0) is 12.3. The van der Waals surface area contributed by atoms with Crippen molar-refractivity contribution in [2.24, 2.45) is 11.3 Å². The lowest BCUT2D eigenvalue weighted by Crippen LogP contribution is -2.60. The molecule has 0 aromatic carbocycles. The molecule has 1 aliphatic rings. The maximum absolute atomic E-state index is 11.3. The van der Waals surface area contributed by atoms with Crippen molar-refractivity contribution in [2.75, 3.05) is 13.1 Å². The van der Waals surface area contributed by atoms with Gasteiger partial charge >= 0.3 is 0 Å². The summed E-state index contributed by atoms with van der Waals surface area (Å²) in [7, 11) is 0. The number of rotatable bonds is 5. The standard InChI is InChI=1S/C12H24N2O2/c1-8(2)11(16)14-6-5-13-9-7-10(15)12(9,3)4/h8-10,13,15H,5-7H2,1-4H3,(H,14,16). The van der Waals surface area contributed by atoms with Gasteiger partial charge in [-0.05, 0) is 6.42 Å². The van der Waals surface area contributed by atoms with E-state index in [4.69, 9.17) is 0 Å². The van der Waals surface area contributed by atoms with E-state index < -0.39 is 0 Å². The molecule has 1 amide bonds. The SMILES string of the molecule is CC(C)C(=O)NCCNC1CC(O)C1(C)C. The van der Waals surface area contributed by atoms with Crippen molar-refractivity contribution in [1.29, 1.82) is 0 Å². The molecule has 0 radical (unpaired) electrons. The Morgan fingerprint density at radius 2 is 2.06 bits per heavy atom. The van der Waals surface area contributed by atoms with Crippen molar-refractivity contribution < 1.29 is 9.90 Å². The van der Waals surface area contributed by atoms with E-state index in [2.05, 4.69) is 24.5 Å². The average molecular weight is 228 g/mol. The fourth-order valence-corrected chi connectivity index (χ4v) is 1.89. The van der Waals surface area contributed by atoms with Crippen LogP contribution in [0.2, 0.25) is 0 Å². The number of aliphatic hydroxyl groups is 1. The van der Waals surface area contributed by atoms with Gasteiger partial charge in [0.15, 0.2) is 0 Å². The Hall–Kier alpha value is -0.610. The van der Waals surface area contributed by atoms with Crippen molar-refractivity contribution in [3.05, 3.63) is 0 Å². The summed E-state index contributed by atoms with van der Waals surface area (Å²) >= 11 is 0. The zero-order valence-corrected chi connectivity index (χ0v) is 10.7. The second kappa shape index (κ2) is 5.15. The quantitative estimate of drug-likeness (QED) is 0.601. The molecule has 1 fully saturated rings. The highest BCUT2D eigenvalue weighted by Crippen LogP contribution is 2.40. The molecule has 16 heavy (non-hydrogen) atoms. The van der Waals surface area contributed by atoms with Gasteiger partial charge in [-0.1, -0.05) is 27.7 Å². The normalized spacial score (nSPS) is 27.6. The molecule has 4 heteroatoms. The number of hydrogen-bond donors (Lipinski definition) is 3. The van der Waals surface area contributed by atoms with Gasteiger partial charge in [-0.15, -0.1) is 0 Å². The molecule has 0 aromatic rings. The monoisotopic (exact) mass is 228 g/mol. The molecule has 3 N–H and O–H groups in total. The van der Waals surface area contributed by atoms with Crippen LogP contribution in [0.15, 0.2) is 0 Å². The number of amides is 1. The summed E-state index contributed by atoms with van der Waals surface area (Å²) < 4.78 is 0. The summed E-state index contributed by atoms with van der Waals surface area (Å²) in [4.78, 5) is 11.3. The van der Waals surface area contributed by atoms with Crippen LogP contribution in [0.25, 0.3) is 0 Å². The number of carbonyl (C=O) groups excluding carboxylic acids is 1. The maximum atomic E-state index is 11.3. The highest BCUT2D eigenvalue weighted by Gasteiger charge is 2.46. The first-order valence-corrected chi connectivity index (χ1v) is 6.05. The van der Waals surface area contributed by atoms with Gasteiger partial charge in [0.05, 0.1) is 6.10 Å². The van der Waals surface area contributed by atoms with Gasteiger partial charge in [0.1, 0.15) is 0 Å². The minimum absolute atomic E-state index is 0.0396. The average Bonchev–Trinajstić information content (AvgIpc) is 2.21. The van der Waals surface area contributed by atoms with E-state index in [9.17, 15) is 9.90 Å². The Balaban J connectivity index is 2.11. The molecule has 2 atom stereocenters. The Kier molecular flexibility index (Phi) is 4.33.